The van der Waals surface area contributed by atoms with E-state index in [2.05, 4.69) is 25.3 Å². The predicted molar refractivity (Wildman–Crippen MR) is 139 cm³/mol. The number of rotatable bonds is 7. The SMILES string of the molecule is CS(=O)(=O)c1cc(Cc2ccc(CC(=O)NCc3cnc4[nH]cc(Cl)c4c3)cn2)cc2cc(F)cnc12. The molecule has 0 aliphatic heterocycles. The predicted octanol–water partition coefficient (Wildman–Crippen LogP) is 4.15. The summed E-state index contributed by atoms with van der Waals surface area (Å²) in [4.78, 5) is 28.1. The highest BCUT2D eigenvalue weighted by Crippen LogP contribution is 2.25. The number of hydrogen-bond acceptors (Lipinski definition) is 6. The van der Waals surface area contributed by atoms with Crippen LogP contribution >= 0.6 is 11.6 Å². The van der Waals surface area contributed by atoms with E-state index in [9.17, 15) is 17.6 Å². The van der Waals surface area contributed by atoms with Crippen LogP contribution in [0.25, 0.3) is 21.9 Å². The van der Waals surface area contributed by atoms with E-state index < -0.39 is 15.7 Å². The average Bonchev–Trinajstić information content (AvgIpc) is 3.22. The number of H-pyrrole nitrogens is 1. The van der Waals surface area contributed by atoms with Crippen LogP contribution in [-0.4, -0.2) is 40.5 Å². The van der Waals surface area contributed by atoms with E-state index in [1.165, 1.54) is 6.07 Å². The fourth-order valence-electron chi connectivity index (χ4n) is 4.07. The number of carbonyl (C=O) groups is 1. The minimum Gasteiger partial charge on any atom is -0.352 e. The zero-order valence-electron chi connectivity index (χ0n) is 19.6. The van der Waals surface area contributed by atoms with Gasteiger partial charge in [-0.25, -0.2) is 17.8 Å². The topological polar surface area (TPSA) is 118 Å². The molecular formula is C26H21ClFN5O3S. The van der Waals surface area contributed by atoms with Gasteiger partial charge in [0.2, 0.25) is 5.91 Å². The fraction of sp³-hybridized carbons (Fsp3) is 0.154. The highest BCUT2D eigenvalue weighted by Gasteiger charge is 2.16. The van der Waals surface area contributed by atoms with Crippen molar-refractivity contribution in [1.29, 1.82) is 0 Å². The van der Waals surface area contributed by atoms with Gasteiger partial charge in [-0.1, -0.05) is 17.7 Å². The molecule has 37 heavy (non-hydrogen) atoms. The smallest absolute Gasteiger partial charge is 0.224 e. The molecule has 8 nitrogen and oxygen atoms in total. The molecule has 0 fully saturated rings. The normalized spacial score (nSPS) is 11.8. The minimum absolute atomic E-state index is 0.0430. The Labute approximate surface area is 216 Å². The van der Waals surface area contributed by atoms with Crippen molar-refractivity contribution in [2.45, 2.75) is 24.3 Å². The van der Waals surface area contributed by atoms with Gasteiger partial charge in [-0.05, 0) is 47.0 Å². The number of fused-ring (bicyclic) bond motifs is 2. The lowest BCUT2D eigenvalue weighted by Gasteiger charge is -2.09. The van der Waals surface area contributed by atoms with Gasteiger partial charge in [0.1, 0.15) is 11.5 Å². The van der Waals surface area contributed by atoms with Gasteiger partial charge >= 0.3 is 0 Å². The Morgan fingerprint density at radius 2 is 1.84 bits per heavy atom. The van der Waals surface area contributed by atoms with Gasteiger partial charge in [-0.2, -0.15) is 0 Å². The number of nitrogens with zero attached hydrogens (tertiary/aromatic N) is 3. The lowest BCUT2D eigenvalue weighted by molar-refractivity contribution is -0.120. The van der Waals surface area contributed by atoms with Crippen molar-refractivity contribution in [3.63, 3.8) is 0 Å². The van der Waals surface area contributed by atoms with Gasteiger partial charge in [0.05, 0.1) is 28.1 Å². The summed E-state index contributed by atoms with van der Waals surface area (Å²) in [6.45, 7) is 0.314. The molecule has 2 N–H and O–H groups in total. The van der Waals surface area contributed by atoms with Gasteiger partial charge in [0.15, 0.2) is 9.84 Å². The summed E-state index contributed by atoms with van der Waals surface area (Å²) in [6, 6.07) is 9.96. The summed E-state index contributed by atoms with van der Waals surface area (Å²) >= 11 is 6.13. The Bertz CT molecular complexity index is 1750. The standard InChI is InChI=1S/C26H21ClFN5O3S/c1-37(35,36)23-7-16(4-18-9-19(28)13-31-25(18)23)5-20-3-2-15(10-29-20)8-24(34)30-11-17-6-21-22(27)14-33-26(21)32-12-17/h2-4,6-7,9-10,12-14H,5,8,11H2,1H3,(H,30,34)(H,32,33). The average molecular weight is 538 g/mol. The molecule has 0 unspecified atom stereocenters. The van der Waals surface area contributed by atoms with Crippen molar-refractivity contribution in [1.82, 2.24) is 25.3 Å². The fourth-order valence-corrected chi connectivity index (χ4v) is 5.15. The molecule has 1 aromatic carbocycles. The number of pyridine rings is 3. The largest absolute Gasteiger partial charge is 0.352 e. The summed E-state index contributed by atoms with van der Waals surface area (Å²) in [6.07, 6.45) is 7.53. The van der Waals surface area contributed by atoms with Crippen LogP contribution in [0.3, 0.4) is 0 Å². The molecule has 0 saturated heterocycles. The third kappa shape index (κ3) is 5.60. The second-order valence-electron chi connectivity index (χ2n) is 8.76. The van der Waals surface area contributed by atoms with Gasteiger partial charge in [-0.15, -0.1) is 0 Å². The zero-order chi connectivity index (χ0) is 26.2. The number of benzene rings is 1. The summed E-state index contributed by atoms with van der Waals surface area (Å²) in [7, 11) is -3.57. The number of hydrogen-bond donors (Lipinski definition) is 2. The van der Waals surface area contributed by atoms with E-state index in [1.807, 2.05) is 6.07 Å². The lowest BCUT2D eigenvalue weighted by atomic mass is 10.1. The Morgan fingerprint density at radius 3 is 2.59 bits per heavy atom. The maximum absolute atomic E-state index is 13.7. The number of nitrogens with one attached hydrogen (secondary N) is 2. The molecule has 11 heteroatoms. The molecule has 5 aromatic rings. The van der Waals surface area contributed by atoms with Crippen molar-refractivity contribution in [2.75, 3.05) is 6.26 Å². The Kier molecular flexibility index (Phi) is 6.61. The van der Waals surface area contributed by atoms with Crippen LogP contribution < -0.4 is 5.32 Å². The first-order valence-corrected chi connectivity index (χ1v) is 13.5. The second-order valence-corrected chi connectivity index (χ2v) is 11.1. The Morgan fingerprint density at radius 1 is 1.03 bits per heavy atom. The molecular weight excluding hydrogens is 517 g/mol. The number of aromatic amines is 1. The Balaban J connectivity index is 1.25. The second kappa shape index (κ2) is 9.87. The first-order chi connectivity index (χ1) is 17.7. The molecule has 188 valence electrons. The molecule has 0 saturated carbocycles. The highest BCUT2D eigenvalue weighted by atomic mass is 35.5. The van der Waals surface area contributed by atoms with Gasteiger partial charge in [-0.3, -0.25) is 14.8 Å². The van der Waals surface area contributed by atoms with Crippen LogP contribution in [0.15, 0.2) is 66.1 Å². The van der Waals surface area contributed by atoms with Crippen molar-refractivity contribution in [3.8, 4) is 0 Å². The summed E-state index contributed by atoms with van der Waals surface area (Å²) in [5.41, 5.74) is 3.81. The van der Waals surface area contributed by atoms with Crippen molar-refractivity contribution < 1.29 is 17.6 Å². The van der Waals surface area contributed by atoms with Gasteiger partial charge in [0, 0.05) is 54.3 Å². The maximum Gasteiger partial charge on any atom is 0.224 e. The minimum atomic E-state index is -3.57. The van der Waals surface area contributed by atoms with Crippen LogP contribution in [0.4, 0.5) is 4.39 Å². The number of sulfone groups is 1. The maximum atomic E-state index is 13.7. The van der Waals surface area contributed by atoms with E-state index in [1.54, 1.807) is 42.9 Å². The molecule has 5 rings (SSSR count). The van der Waals surface area contributed by atoms with Crippen LogP contribution in [0.5, 0.6) is 0 Å². The molecule has 0 aliphatic carbocycles. The monoisotopic (exact) mass is 537 g/mol. The summed E-state index contributed by atoms with van der Waals surface area (Å²) in [5, 5.41) is 4.64. The third-order valence-electron chi connectivity index (χ3n) is 5.84. The third-order valence-corrected chi connectivity index (χ3v) is 7.26. The van der Waals surface area contributed by atoms with Crippen molar-refractivity contribution in [3.05, 3.63) is 94.4 Å². The first kappa shape index (κ1) is 24.8. The van der Waals surface area contributed by atoms with Crippen molar-refractivity contribution >= 4 is 49.3 Å². The molecule has 0 spiro atoms. The van der Waals surface area contributed by atoms with E-state index in [-0.39, 0.29) is 22.7 Å². The molecule has 0 aliphatic rings. The molecule has 4 heterocycles. The van der Waals surface area contributed by atoms with Crippen LogP contribution in [0, 0.1) is 5.82 Å². The van der Waals surface area contributed by atoms with Crippen LogP contribution in [-0.2, 0) is 34.0 Å². The molecule has 1 amide bonds. The molecule has 4 aromatic heterocycles. The van der Waals surface area contributed by atoms with Gasteiger partial charge in [0.25, 0.3) is 0 Å². The molecule has 0 radical (unpaired) electrons. The molecule has 0 atom stereocenters. The van der Waals surface area contributed by atoms with Crippen LogP contribution in [0.2, 0.25) is 5.02 Å². The summed E-state index contributed by atoms with van der Waals surface area (Å²) < 4.78 is 38.3. The number of carbonyl (C=O) groups excluding carboxylic acids is 1. The lowest BCUT2D eigenvalue weighted by Crippen LogP contribution is -2.24. The van der Waals surface area contributed by atoms with Gasteiger partial charge < -0.3 is 10.3 Å². The Hall–Kier alpha value is -3.89. The van der Waals surface area contributed by atoms with E-state index in [4.69, 9.17) is 11.6 Å². The number of aromatic nitrogens is 4. The summed E-state index contributed by atoms with van der Waals surface area (Å²) in [5.74, 6) is -0.716. The van der Waals surface area contributed by atoms with E-state index >= 15 is 0 Å². The highest BCUT2D eigenvalue weighted by molar-refractivity contribution is 7.91. The van der Waals surface area contributed by atoms with E-state index in [0.717, 1.165) is 29.0 Å². The first-order valence-electron chi connectivity index (χ1n) is 11.3. The number of amides is 1. The zero-order valence-corrected chi connectivity index (χ0v) is 21.2. The van der Waals surface area contributed by atoms with E-state index in [0.29, 0.717) is 40.3 Å². The quantitative estimate of drug-likeness (QED) is 0.322. The van der Waals surface area contributed by atoms with Crippen LogP contribution in [0.1, 0.15) is 22.4 Å². The molecule has 0 bridgehead atoms. The number of halogens is 2. The van der Waals surface area contributed by atoms with Crippen molar-refractivity contribution in [2.24, 2.45) is 0 Å².